The van der Waals surface area contributed by atoms with Gasteiger partial charge in [0.05, 0.1) is 25.4 Å². The number of rotatable bonds is 21. The van der Waals surface area contributed by atoms with Gasteiger partial charge in [0.25, 0.3) is 0 Å². The fraction of sp³-hybridized carbons (Fsp3) is 0.767. The Kier molecular flexibility index (Phi) is 20.1. The maximum Gasteiger partial charge on any atom is 0.217 e. The number of nitrogens with one attached hydrogen (secondary N) is 1. The van der Waals surface area contributed by atoms with E-state index in [1.807, 2.05) is 6.08 Å². The van der Waals surface area contributed by atoms with E-state index in [1.54, 1.807) is 6.08 Å². The van der Waals surface area contributed by atoms with Crippen molar-refractivity contribution < 1.29 is 39.8 Å². The van der Waals surface area contributed by atoms with Crippen LogP contribution in [0, 0.1) is 0 Å². The van der Waals surface area contributed by atoms with Gasteiger partial charge < -0.3 is 40.3 Å². The number of carbonyl (C=O) groups excluding carboxylic acids is 1. The molecule has 0 aliphatic carbocycles. The zero-order valence-corrected chi connectivity index (χ0v) is 23.9. The lowest BCUT2D eigenvalue weighted by Gasteiger charge is -2.40. The van der Waals surface area contributed by atoms with Crippen LogP contribution in [0.1, 0.15) is 90.9 Å². The number of aliphatic hydroxyl groups is 5. The molecule has 7 atom stereocenters. The lowest BCUT2D eigenvalue weighted by atomic mass is 9.99. The molecule has 1 heterocycles. The Morgan fingerprint density at radius 2 is 1.41 bits per heavy atom. The van der Waals surface area contributed by atoms with Crippen molar-refractivity contribution in [1.82, 2.24) is 5.32 Å². The molecular formula is C30H53NO8. The highest BCUT2D eigenvalue weighted by Crippen LogP contribution is 2.22. The van der Waals surface area contributed by atoms with Crippen molar-refractivity contribution in [1.29, 1.82) is 0 Å². The first-order valence-corrected chi connectivity index (χ1v) is 14.7. The molecule has 0 aromatic rings. The van der Waals surface area contributed by atoms with Gasteiger partial charge in [-0.2, -0.15) is 0 Å². The summed E-state index contributed by atoms with van der Waals surface area (Å²) < 4.78 is 10.8. The second-order valence-corrected chi connectivity index (χ2v) is 10.3. The van der Waals surface area contributed by atoms with Crippen LogP contribution < -0.4 is 5.32 Å². The number of hydrogen-bond donors (Lipinski definition) is 6. The number of carbonyl (C=O) groups is 1. The number of ether oxygens (including phenoxy) is 2. The Labute approximate surface area is 234 Å². The Morgan fingerprint density at radius 3 is 2.00 bits per heavy atom. The summed E-state index contributed by atoms with van der Waals surface area (Å²) in [6.45, 7) is 2.76. The summed E-state index contributed by atoms with van der Waals surface area (Å²) in [6, 6.07) is -0.825. The summed E-state index contributed by atoms with van der Waals surface area (Å²) in [5, 5.41) is 52.3. The van der Waals surface area contributed by atoms with Crippen LogP contribution in [0.2, 0.25) is 0 Å². The van der Waals surface area contributed by atoms with Crippen molar-refractivity contribution in [2.75, 3.05) is 13.2 Å². The fourth-order valence-electron chi connectivity index (χ4n) is 4.34. The molecule has 39 heavy (non-hydrogen) atoms. The number of aliphatic hydroxyl groups excluding tert-OH is 5. The molecule has 9 nitrogen and oxygen atoms in total. The predicted molar refractivity (Wildman–Crippen MR) is 152 cm³/mol. The third kappa shape index (κ3) is 15.7. The van der Waals surface area contributed by atoms with Crippen molar-refractivity contribution in [3.05, 3.63) is 36.5 Å². The Hall–Kier alpha value is -1.59. The van der Waals surface area contributed by atoms with E-state index in [0.717, 1.165) is 32.1 Å². The van der Waals surface area contributed by atoms with Crippen LogP contribution >= 0.6 is 0 Å². The first-order chi connectivity index (χ1) is 18.8. The van der Waals surface area contributed by atoms with Gasteiger partial charge in [0.15, 0.2) is 6.29 Å². The minimum atomic E-state index is -1.57. The van der Waals surface area contributed by atoms with Crippen LogP contribution in [0.4, 0.5) is 0 Å². The van der Waals surface area contributed by atoms with Crippen LogP contribution in [0.5, 0.6) is 0 Å². The molecule has 0 bridgehead atoms. The second kappa shape index (κ2) is 22.1. The quantitative estimate of drug-likeness (QED) is 0.0935. The summed E-state index contributed by atoms with van der Waals surface area (Å²) >= 11 is 0. The molecule has 0 spiro atoms. The largest absolute Gasteiger partial charge is 0.394 e. The van der Waals surface area contributed by atoms with E-state index in [-0.39, 0.29) is 12.5 Å². The first kappa shape index (κ1) is 35.4. The Bertz CT molecular complexity index is 711. The lowest BCUT2D eigenvalue weighted by molar-refractivity contribution is -0.302. The average Bonchev–Trinajstić information content (AvgIpc) is 2.92. The number of unbranched alkanes of at least 4 members (excludes halogenated alkanes) is 9. The molecule has 0 saturated carbocycles. The smallest absolute Gasteiger partial charge is 0.217 e. The van der Waals surface area contributed by atoms with Crippen molar-refractivity contribution in [3.63, 3.8) is 0 Å². The van der Waals surface area contributed by atoms with E-state index < -0.39 is 49.5 Å². The van der Waals surface area contributed by atoms with Gasteiger partial charge >= 0.3 is 0 Å². The molecule has 1 fully saturated rings. The van der Waals surface area contributed by atoms with E-state index in [9.17, 15) is 30.3 Å². The summed E-state index contributed by atoms with van der Waals surface area (Å²) in [6.07, 6.45) is 18.2. The summed E-state index contributed by atoms with van der Waals surface area (Å²) in [4.78, 5) is 11.6. The molecule has 1 rings (SSSR count). The normalized spacial score (nSPS) is 25.6. The molecule has 226 valence electrons. The number of amides is 1. The van der Waals surface area contributed by atoms with Gasteiger partial charge in [-0.3, -0.25) is 4.79 Å². The maximum absolute atomic E-state index is 11.6. The topological polar surface area (TPSA) is 149 Å². The van der Waals surface area contributed by atoms with Crippen LogP contribution in [-0.2, 0) is 14.3 Å². The molecule has 1 aliphatic rings. The highest BCUT2D eigenvalue weighted by molar-refractivity contribution is 5.73. The van der Waals surface area contributed by atoms with Gasteiger partial charge in [-0.1, -0.05) is 81.9 Å². The van der Waals surface area contributed by atoms with E-state index >= 15 is 0 Å². The zero-order valence-electron chi connectivity index (χ0n) is 23.9. The maximum atomic E-state index is 11.6. The van der Waals surface area contributed by atoms with Gasteiger partial charge in [0, 0.05) is 6.92 Å². The number of hydrogen-bond acceptors (Lipinski definition) is 8. The van der Waals surface area contributed by atoms with Crippen molar-refractivity contribution in [2.24, 2.45) is 0 Å². The molecule has 0 radical (unpaired) electrons. The third-order valence-electron chi connectivity index (χ3n) is 6.73. The van der Waals surface area contributed by atoms with E-state index in [2.05, 4.69) is 36.5 Å². The minimum absolute atomic E-state index is 0.222. The molecule has 6 N–H and O–H groups in total. The zero-order chi connectivity index (χ0) is 28.9. The summed E-state index contributed by atoms with van der Waals surface area (Å²) in [5.41, 5.74) is 0. The molecule has 0 aromatic carbocycles. The van der Waals surface area contributed by atoms with Gasteiger partial charge in [-0.05, 0) is 38.5 Å². The van der Waals surface area contributed by atoms with Crippen molar-refractivity contribution in [3.8, 4) is 0 Å². The molecule has 9 heteroatoms. The van der Waals surface area contributed by atoms with Crippen LogP contribution in [0.3, 0.4) is 0 Å². The van der Waals surface area contributed by atoms with E-state index in [4.69, 9.17) is 9.47 Å². The monoisotopic (exact) mass is 555 g/mol. The molecule has 0 aromatic heterocycles. The van der Waals surface area contributed by atoms with Crippen LogP contribution in [-0.4, -0.2) is 87.5 Å². The Balaban J connectivity index is 2.28. The molecule has 1 aliphatic heterocycles. The molecular weight excluding hydrogens is 502 g/mol. The summed E-state index contributed by atoms with van der Waals surface area (Å²) in [7, 11) is 0. The predicted octanol–water partition coefficient (Wildman–Crippen LogP) is 3.04. The Morgan fingerprint density at radius 1 is 0.846 bits per heavy atom. The standard InChI is InChI=1S/C30H53NO8/c1-3-4-5-6-7-8-9-10-11-12-13-14-15-16-17-18-19-20-25(34)24(31-23(2)33)22-38-30-29(37)28(36)27(35)26(21-32)39-30/h11-12,15-16,19-20,24-30,32,34-37H,3-10,13-14,17-18,21-22H2,1-2H3,(H,31,33)/b12-11+,16-15+,20-19+. The van der Waals surface area contributed by atoms with Crippen LogP contribution in [0.25, 0.3) is 0 Å². The molecule has 7 unspecified atom stereocenters. The first-order valence-electron chi connectivity index (χ1n) is 14.7. The van der Waals surface area contributed by atoms with Gasteiger partial charge in [-0.25, -0.2) is 0 Å². The van der Waals surface area contributed by atoms with Gasteiger partial charge in [0.2, 0.25) is 5.91 Å². The average molecular weight is 556 g/mol. The fourth-order valence-corrected chi connectivity index (χ4v) is 4.34. The van der Waals surface area contributed by atoms with Gasteiger partial charge in [0.1, 0.15) is 24.4 Å². The molecule has 1 saturated heterocycles. The SMILES string of the molecule is CCCCCCCCC/C=C/CC/C=C/CC/C=C/C(O)C(COC1OC(CO)C(O)C(O)C1O)NC(C)=O. The third-order valence-corrected chi connectivity index (χ3v) is 6.73. The summed E-state index contributed by atoms with van der Waals surface area (Å²) in [5.74, 6) is -0.371. The number of allylic oxidation sites excluding steroid dienone is 5. The van der Waals surface area contributed by atoms with Crippen molar-refractivity contribution in [2.45, 2.75) is 134 Å². The highest BCUT2D eigenvalue weighted by Gasteiger charge is 2.44. The van der Waals surface area contributed by atoms with E-state index in [1.165, 1.54) is 51.9 Å². The van der Waals surface area contributed by atoms with E-state index in [0.29, 0.717) is 0 Å². The minimum Gasteiger partial charge on any atom is -0.394 e. The second-order valence-electron chi connectivity index (χ2n) is 10.3. The van der Waals surface area contributed by atoms with Crippen LogP contribution in [0.15, 0.2) is 36.5 Å². The highest BCUT2D eigenvalue weighted by atomic mass is 16.7. The lowest BCUT2D eigenvalue weighted by Crippen LogP contribution is -2.60. The molecule has 1 amide bonds. The van der Waals surface area contributed by atoms with Gasteiger partial charge in [-0.15, -0.1) is 0 Å². The van der Waals surface area contributed by atoms with Crippen molar-refractivity contribution >= 4 is 5.91 Å².